The van der Waals surface area contributed by atoms with E-state index in [2.05, 4.69) is 5.32 Å². The van der Waals surface area contributed by atoms with Crippen LogP contribution in [0.5, 0.6) is 0 Å². The highest BCUT2D eigenvalue weighted by Gasteiger charge is 2.22. The quantitative estimate of drug-likeness (QED) is 0.634. The number of nitrogens with one attached hydrogen (secondary N) is 1. The molecule has 0 unspecified atom stereocenters. The molecule has 2 rings (SSSR count). The fourth-order valence-corrected chi connectivity index (χ4v) is 2.73. The minimum atomic E-state index is -0.217. The van der Waals surface area contributed by atoms with Crippen LogP contribution in [-0.2, 0) is 4.79 Å². The van der Waals surface area contributed by atoms with Crippen molar-refractivity contribution >= 4 is 63.5 Å². The number of hydrogen-bond donors (Lipinski definition) is 1. The number of thiocarbonyl (C=S) groups is 1. The van der Waals surface area contributed by atoms with E-state index >= 15 is 0 Å². The Labute approximate surface area is 112 Å². The molecule has 0 radical (unpaired) electrons. The van der Waals surface area contributed by atoms with Gasteiger partial charge in [-0.05, 0) is 18.2 Å². The third kappa shape index (κ3) is 2.40. The van der Waals surface area contributed by atoms with Gasteiger partial charge in [-0.3, -0.25) is 4.79 Å². The number of rotatable bonds is 1. The Hall–Kier alpha value is -0.550. The molecule has 1 heterocycles. The van der Waals surface area contributed by atoms with Gasteiger partial charge in [0.05, 0.1) is 4.91 Å². The van der Waals surface area contributed by atoms with E-state index in [0.717, 1.165) is 0 Å². The van der Waals surface area contributed by atoms with E-state index in [0.29, 0.717) is 24.8 Å². The summed E-state index contributed by atoms with van der Waals surface area (Å²) in [7, 11) is 0. The summed E-state index contributed by atoms with van der Waals surface area (Å²) in [5, 5.41) is 3.54. The second kappa shape index (κ2) is 4.75. The van der Waals surface area contributed by atoms with Gasteiger partial charge in [0.25, 0.3) is 5.91 Å². The van der Waals surface area contributed by atoms with Crippen LogP contribution in [0.1, 0.15) is 5.56 Å². The molecular formula is C10H5Cl2NOS2. The van der Waals surface area contributed by atoms with Crippen LogP contribution >= 0.6 is 47.2 Å². The van der Waals surface area contributed by atoms with Crippen molar-refractivity contribution in [1.82, 2.24) is 5.32 Å². The number of carbonyl (C=O) groups excluding carboxylic acids is 1. The van der Waals surface area contributed by atoms with E-state index in [1.54, 1.807) is 24.3 Å². The summed E-state index contributed by atoms with van der Waals surface area (Å²) in [6, 6.07) is 5.19. The topological polar surface area (TPSA) is 29.1 Å². The molecule has 0 atom stereocenters. The number of carbonyl (C=O) groups is 1. The van der Waals surface area contributed by atoms with Crippen molar-refractivity contribution in [2.24, 2.45) is 0 Å². The molecule has 1 aromatic carbocycles. The zero-order valence-electron chi connectivity index (χ0n) is 7.79. The lowest BCUT2D eigenvalue weighted by atomic mass is 10.2. The van der Waals surface area contributed by atoms with Crippen molar-refractivity contribution in [3.05, 3.63) is 38.7 Å². The Morgan fingerprint density at radius 3 is 2.44 bits per heavy atom. The molecular weight excluding hydrogens is 285 g/mol. The fraction of sp³-hybridized carbons (Fsp3) is 0. The number of amides is 1. The summed E-state index contributed by atoms with van der Waals surface area (Å²) in [6.45, 7) is 0. The Morgan fingerprint density at radius 2 is 1.94 bits per heavy atom. The van der Waals surface area contributed by atoms with Gasteiger partial charge in [0, 0.05) is 15.6 Å². The number of halogens is 2. The smallest absolute Gasteiger partial charge is 0.263 e. The summed E-state index contributed by atoms with van der Waals surface area (Å²) < 4.78 is 0.444. The second-order valence-electron chi connectivity index (χ2n) is 2.99. The molecule has 1 N–H and O–H groups in total. The van der Waals surface area contributed by atoms with Crippen LogP contribution in [0.25, 0.3) is 6.08 Å². The van der Waals surface area contributed by atoms with Gasteiger partial charge in [-0.25, -0.2) is 0 Å². The molecule has 0 spiro atoms. The lowest BCUT2D eigenvalue weighted by Gasteiger charge is -2.01. The number of hydrogen-bond acceptors (Lipinski definition) is 3. The standard InChI is InChI=1S/C10H5Cl2NOS2/c11-6-2-1-3-7(12)5(6)4-8-9(14)13-10(15)16-8/h1-4H,(H,13,14,15). The van der Waals surface area contributed by atoms with Gasteiger partial charge >= 0.3 is 0 Å². The summed E-state index contributed by atoms with van der Waals surface area (Å²) >= 11 is 18.1. The molecule has 0 saturated carbocycles. The van der Waals surface area contributed by atoms with Gasteiger partial charge in [0.2, 0.25) is 0 Å². The van der Waals surface area contributed by atoms with Gasteiger partial charge in [-0.2, -0.15) is 0 Å². The molecule has 16 heavy (non-hydrogen) atoms. The van der Waals surface area contributed by atoms with Crippen LogP contribution < -0.4 is 5.32 Å². The molecule has 1 fully saturated rings. The molecule has 1 saturated heterocycles. The van der Waals surface area contributed by atoms with Crippen LogP contribution in [-0.4, -0.2) is 10.2 Å². The molecule has 1 amide bonds. The van der Waals surface area contributed by atoms with E-state index in [1.165, 1.54) is 11.8 Å². The lowest BCUT2D eigenvalue weighted by molar-refractivity contribution is -0.115. The lowest BCUT2D eigenvalue weighted by Crippen LogP contribution is -2.17. The van der Waals surface area contributed by atoms with Crippen LogP contribution in [0.3, 0.4) is 0 Å². The van der Waals surface area contributed by atoms with E-state index in [9.17, 15) is 4.79 Å². The first-order valence-electron chi connectivity index (χ1n) is 4.27. The van der Waals surface area contributed by atoms with E-state index in [4.69, 9.17) is 35.4 Å². The summed E-state index contributed by atoms with van der Waals surface area (Å²) in [5.41, 5.74) is 0.633. The minimum absolute atomic E-state index is 0.217. The van der Waals surface area contributed by atoms with Crippen molar-refractivity contribution in [2.45, 2.75) is 0 Å². The van der Waals surface area contributed by atoms with Crippen molar-refractivity contribution in [1.29, 1.82) is 0 Å². The monoisotopic (exact) mass is 289 g/mol. The van der Waals surface area contributed by atoms with Crippen LogP contribution in [0, 0.1) is 0 Å². The van der Waals surface area contributed by atoms with Gasteiger partial charge in [-0.1, -0.05) is 53.2 Å². The van der Waals surface area contributed by atoms with Gasteiger partial charge in [0.15, 0.2) is 0 Å². The third-order valence-electron chi connectivity index (χ3n) is 1.92. The molecule has 2 nitrogen and oxygen atoms in total. The van der Waals surface area contributed by atoms with Crippen molar-refractivity contribution in [3.63, 3.8) is 0 Å². The van der Waals surface area contributed by atoms with Crippen molar-refractivity contribution < 1.29 is 4.79 Å². The first-order chi connectivity index (χ1) is 7.58. The Kier molecular flexibility index (Phi) is 3.54. The molecule has 0 aliphatic carbocycles. The van der Waals surface area contributed by atoms with Crippen molar-refractivity contribution in [3.8, 4) is 0 Å². The summed E-state index contributed by atoms with van der Waals surface area (Å²) in [6.07, 6.45) is 1.64. The Morgan fingerprint density at radius 1 is 1.31 bits per heavy atom. The van der Waals surface area contributed by atoms with Gasteiger partial charge in [0.1, 0.15) is 4.32 Å². The normalized spacial score (nSPS) is 18.0. The predicted molar refractivity (Wildman–Crippen MR) is 72.8 cm³/mol. The van der Waals surface area contributed by atoms with Crippen LogP contribution in [0.15, 0.2) is 23.1 Å². The highest BCUT2D eigenvalue weighted by molar-refractivity contribution is 8.26. The maximum atomic E-state index is 11.4. The van der Waals surface area contributed by atoms with Crippen molar-refractivity contribution in [2.75, 3.05) is 0 Å². The Bertz CT molecular complexity index is 493. The van der Waals surface area contributed by atoms with Gasteiger partial charge < -0.3 is 5.32 Å². The highest BCUT2D eigenvalue weighted by atomic mass is 35.5. The van der Waals surface area contributed by atoms with E-state index < -0.39 is 0 Å². The zero-order valence-corrected chi connectivity index (χ0v) is 10.9. The summed E-state index contributed by atoms with van der Waals surface area (Å²) in [4.78, 5) is 11.9. The van der Waals surface area contributed by atoms with Gasteiger partial charge in [-0.15, -0.1) is 0 Å². The fourth-order valence-electron chi connectivity index (χ4n) is 1.20. The number of thioether (sulfide) groups is 1. The SMILES string of the molecule is O=C1NC(=S)SC1=Cc1c(Cl)cccc1Cl. The average molecular weight is 290 g/mol. The average Bonchev–Trinajstić information content (AvgIpc) is 2.51. The maximum absolute atomic E-state index is 11.4. The molecule has 1 aliphatic rings. The highest BCUT2D eigenvalue weighted by Crippen LogP contribution is 2.31. The largest absolute Gasteiger partial charge is 0.307 e. The third-order valence-corrected chi connectivity index (χ3v) is 3.74. The minimum Gasteiger partial charge on any atom is -0.307 e. The number of benzene rings is 1. The Balaban J connectivity index is 2.44. The van der Waals surface area contributed by atoms with E-state index in [1.807, 2.05) is 0 Å². The van der Waals surface area contributed by atoms with Crippen LogP contribution in [0.2, 0.25) is 10.0 Å². The molecule has 6 heteroatoms. The van der Waals surface area contributed by atoms with Crippen LogP contribution in [0.4, 0.5) is 0 Å². The second-order valence-corrected chi connectivity index (χ2v) is 5.52. The molecule has 1 aliphatic heterocycles. The zero-order chi connectivity index (χ0) is 11.7. The predicted octanol–water partition coefficient (Wildman–Crippen LogP) is 3.48. The first-order valence-corrected chi connectivity index (χ1v) is 6.25. The molecule has 82 valence electrons. The summed E-state index contributed by atoms with van der Waals surface area (Å²) in [5.74, 6) is -0.217. The molecule has 0 aromatic heterocycles. The maximum Gasteiger partial charge on any atom is 0.263 e. The van der Waals surface area contributed by atoms with E-state index in [-0.39, 0.29) is 5.91 Å². The molecule has 0 bridgehead atoms. The molecule has 1 aromatic rings. The first kappa shape index (κ1) is 11.9.